The maximum Gasteiger partial charge on any atom is 0.256 e. The molecule has 1 aromatic carbocycles. The average Bonchev–Trinajstić information content (AvgIpc) is 3.32. The van der Waals surface area contributed by atoms with Gasteiger partial charge in [-0.15, -0.1) is 0 Å². The van der Waals surface area contributed by atoms with E-state index in [1.54, 1.807) is 22.7 Å². The van der Waals surface area contributed by atoms with Crippen LogP contribution in [0.5, 0.6) is 0 Å². The van der Waals surface area contributed by atoms with Crippen LogP contribution in [-0.2, 0) is 5.41 Å². The molecule has 1 aliphatic heterocycles. The van der Waals surface area contributed by atoms with Crippen molar-refractivity contribution >= 4 is 23.2 Å². The van der Waals surface area contributed by atoms with Crippen molar-refractivity contribution in [1.29, 1.82) is 0 Å². The molecule has 1 amide bonds. The molecule has 1 fully saturated rings. The third-order valence-corrected chi connectivity index (χ3v) is 5.58. The van der Waals surface area contributed by atoms with Crippen LogP contribution in [0.4, 0.5) is 11.6 Å². The minimum absolute atomic E-state index is 0.0290. The van der Waals surface area contributed by atoms with Crippen LogP contribution in [0, 0.1) is 6.92 Å². The molecule has 0 aliphatic carbocycles. The molecular weight excluding hydrogens is 382 g/mol. The van der Waals surface area contributed by atoms with Gasteiger partial charge in [-0.2, -0.15) is 9.61 Å². The molecule has 158 valence electrons. The van der Waals surface area contributed by atoms with Gasteiger partial charge in [0.15, 0.2) is 5.65 Å². The van der Waals surface area contributed by atoms with E-state index < -0.39 is 0 Å². The van der Waals surface area contributed by atoms with E-state index in [-0.39, 0.29) is 24.0 Å². The van der Waals surface area contributed by atoms with Gasteiger partial charge < -0.3 is 20.4 Å². The van der Waals surface area contributed by atoms with E-state index in [9.17, 15) is 15.0 Å². The number of aromatic nitrogens is 3. The molecule has 3 N–H and O–H groups in total. The maximum atomic E-state index is 12.8. The van der Waals surface area contributed by atoms with E-state index in [1.165, 1.54) is 0 Å². The number of nitrogens with zero attached hydrogens (tertiary/aromatic N) is 4. The fraction of sp³-hybridized carbons (Fsp3) is 0.409. The number of β-amino-alcohol motifs (C(OH)–C–C–N with tert-alkyl or cyclic N) is 1. The van der Waals surface area contributed by atoms with Crippen LogP contribution < -0.4 is 10.2 Å². The molecule has 1 aliphatic rings. The SMILES string of the molecule is Cc1cc2nc(NC(=O)c3ccc(C(C)(C)CO)cc3)cc(N3CCC(O)C3)n2n1. The quantitative estimate of drug-likeness (QED) is 0.597. The Balaban J connectivity index is 1.61. The van der Waals surface area contributed by atoms with Gasteiger partial charge in [0.2, 0.25) is 0 Å². The molecule has 3 heterocycles. The molecular formula is C22H27N5O3. The predicted molar refractivity (Wildman–Crippen MR) is 115 cm³/mol. The van der Waals surface area contributed by atoms with Crippen LogP contribution in [0.15, 0.2) is 36.4 Å². The number of carbonyl (C=O) groups excluding carboxylic acids is 1. The van der Waals surface area contributed by atoms with E-state index in [0.717, 1.165) is 17.1 Å². The van der Waals surface area contributed by atoms with E-state index >= 15 is 0 Å². The number of hydrogen-bond acceptors (Lipinski definition) is 6. The minimum atomic E-state index is -0.371. The third kappa shape index (κ3) is 3.88. The van der Waals surface area contributed by atoms with Gasteiger partial charge in [-0.25, -0.2) is 4.98 Å². The number of aryl methyl sites for hydroxylation is 1. The summed E-state index contributed by atoms with van der Waals surface area (Å²) in [5.41, 5.74) is 2.58. The number of aliphatic hydroxyl groups excluding tert-OH is 2. The molecule has 0 radical (unpaired) electrons. The zero-order valence-electron chi connectivity index (χ0n) is 17.5. The van der Waals surface area contributed by atoms with Crippen LogP contribution >= 0.6 is 0 Å². The van der Waals surface area contributed by atoms with Crippen molar-refractivity contribution in [2.45, 2.75) is 38.7 Å². The normalized spacial score (nSPS) is 17.0. The second-order valence-electron chi connectivity index (χ2n) is 8.52. The van der Waals surface area contributed by atoms with Gasteiger partial charge in [0.25, 0.3) is 5.91 Å². The summed E-state index contributed by atoms with van der Waals surface area (Å²) in [4.78, 5) is 19.4. The molecule has 4 rings (SSSR count). The Bertz CT molecular complexity index is 1070. The van der Waals surface area contributed by atoms with Gasteiger partial charge in [-0.05, 0) is 31.0 Å². The predicted octanol–water partition coefficient (Wildman–Crippen LogP) is 2.13. The molecule has 8 heteroatoms. The molecule has 0 spiro atoms. The van der Waals surface area contributed by atoms with E-state index in [0.29, 0.717) is 36.5 Å². The van der Waals surface area contributed by atoms with Crippen LogP contribution in [0.2, 0.25) is 0 Å². The average molecular weight is 409 g/mol. The van der Waals surface area contributed by atoms with E-state index in [2.05, 4.69) is 15.4 Å². The number of aliphatic hydroxyl groups is 2. The van der Waals surface area contributed by atoms with Crippen LogP contribution in [0.25, 0.3) is 5.65 Å². The van der Waals surface area contributed by atoms with Crippen molar-refractivity contribution in [1.82, 2.24) is 14.6 Å². The van der Waals surface area contributed by atoms with Crippen molar-refractivity contribution in [3.8, 4) is 0 Å². The monoisotopic (exact) mass is 409 g/mol. The van der Waals surface area contributed by atoms with Crippen molar-refractivity contribution < 1.29 is 15.0 Å². The minimum Gasteiger partial charge on any atom is -0.395 e. The summed E-state index contributed by atoms with van der Waals surface area (Å²) >= 11 is 0. The first-order valence-corrected chi connectivity index (χ1v) is 10.1. The van der Waals surface area contributed by atoms with E-state index in [1.807, 2.05) is 43.9 Å². The number of carbonyl (C=O) groups is 1. The number of anilines is 2. The number of nitrogens with one attached hydrogen (secondary N) is 1. The van der Waals surface area contributed by atoms with Gasteiger partial charge in [0.05, 0.1) is 18.4 Å². The zero-order chi connectivity index (χ0) is 21.5. The third-order valence-electron chi connectivity index (χ3n) is 5.58. The second-order valence-corrected chi connectivity index (χ2v) is 8.52. The molecule has 8 nitrogen and oxygen atoms in total. The molecule has 30 heavy (non-hydrogen) atoms. The Hall–Kier alpha value is -2.97. The van der Waals surface area contributed by atoms with Crippen LogP contribution in [0.1, 0.15) is 41.9 Å². The Morgan fingerprint density at radius 3 is 2.63 bits per heavy atom. The molecule has 1 saturated heterocycles. The molecule has 0 saturated carbocycles. The summed E-state index contributed by atoms with van der Waals surface area (Å²) in [6.45, 7) is 7.06. The summed E-state index contributed by atoms with van der Waals surface area (Å²) < 4.78 is 1.74. The molecule has 2 aromatic heterocycles. The summed E-state index contributed by atoms with van der Waals surface area (Å²) in [6, 6.07) is 10.9. The zero-order valence-corrected chi connectivity index (χ0v) is 17.5. The lowest BCUT2D eigenvalue weighted by Crippen LogP contribution is -2.24. The fourth-order valence-electron chi connectivity index (χ4n) is 3.66. The van der Waals surface area contributed by atoms with Gasteiger partial charge in [0.1, 0.15) is 11.6 Å². The largest absolute Gasteiger partial charge is 0.395 e. The number of fused-ring (bicyclic) bond motifs is 1. The fourth-order valence-corrected chi connectivity index (χ4v) is 3.66. The molecule has 0 bridgehead atoms. The van der Waals surface area contributed by atoms with Crippen LogP contribution in [-0.4, -0.2) is 56.5 Å². The Morgan fingerprint density at radius 1 is 1.27 bits per heavy atom. The maximum absolute atomic E-state index is 12.8. The number of amides is 1. The summed E-state index contributed by atoms with van der Waals surface area (Å²) in [5, 5.41) is 26.8. The van der Waals surface area contributed by atoms with Gasteiger partial charge in [0, 0.05) is 36.2 Å². The summed E-state index contributed by atoms with van der Waals surface area (Å²) in [7, 11) is 0. The molecule has 3 aromatic rings. The standard InChI is InChI=1S/C22H27N5O3/c1-14-10-19-23-18(11-20(27(19)25-14)26-9-8-17(29)12-26)24-21(30)15-4-6-16(7-5-15)22(2,3)13-28/h4-7,10-11,17,28-29H,8-9,12-13H2,1-3H3,(H,23,24,30). The summed E-state index contributed by atoms with van der Waals surface area (Å²) in [5.74, 6) is 0.965. The van der Waals surface area contributed by atoms with Gasteiger partial charge >= 0.3 is 0 Å². The van der Waals surface area contributed by atoms with Crippen molar-refractivity contribution in [3.63, 3.8) is 0 Å². The van der Waals surface area contributed by atoms with Gasteiger partial charge in [-0.1, -0.05) is 26.0 Å². The first kappa shape index (κ1) is 20.3. The van der Waals surface area contributed by atoms with Crippen molar-refractivity contribution in [3.05, 3.63) is 53.2 Å². The van der Waals surface area contributed by atoms with Crippen molar-refractivity contribution in [2.24, 2.45) is 0 Å². The Morgan fingerprint density at radius 2 is 2.00 bits per heavy atom. The number of benzene rings is 1. The lowest BCUT2D eigenvalue weighted by molar-refractivity contribution is 0.102. The first-order valence-electron chi connectivity index (χ1n) is 10.1. The van der Waals surface area contributed by atoms with Gasteiger partial charge in [-0.3, -0.25) is 4.79 Å². The Kier molecular flexibility index (Phi) is 5.21. The Labute approximate surface area is 175 Å². The number of rotatable bonds is 5. The van der Waals surface area contributed by atoms with Crippen LogP contribution in [0.3, 0.4) is 0 Å². The highest BCUT2D eigenvalue weighted by Gasteiger charge is 2.24. The highest BCUT2D eigenvalue weighted by molar-refractivity contribution is 6.04. The number of hydrogen-bond donors (Lipinski definition) is 3. The smallest absolute Gasteiger partial charge is 0.256 e. The highest BCUT2D eigenvalue weighted by atomic mass is 16.3. The highest BCUT2D eigenvalue weighted by Crippen LogP contribution is 2.26. The van der Waals surface area contributed by atoms with E-state index in [4.69, 9.17) is 0 Å². The molecule has 1 unspecified atom stereocenters. The first-order chi connectivity index (χ1) is 14.3. The van der Waals surface area contributed by atoms with Crippen molar-refractivity contribution in [2.75, 3.05) is 29.9 Å². The lowest BCUT2D eigenvalue weighted by Gasteiger charge is -2.22. The lowest BCUT2D eigenvalue weighted by atomic mass is 9.85. The second kappa shape index (κ2) is 7.70. The summed E-state index contributed by atoms with van der Waals surface area (Å²) in [6.07, 6.45) is 0.326. The molecule has 1 atom stereocenters. The topological polar surface area (TPSA) is 103 Å².